The van der Waals surface area contributed by atoms with Gasteiger partial charge in [0.05, 0.1) is 0 Å². The number of hydrogen-bond acceptors (Lipinski definition) is 2. The van der Waals surface area contributed by atoms with Gasteiger partial charge in [0.1, 0.15) is 5.75 Å². The van der Waals surface area contributed by atoms with E-state index in [9.17, 15) is 13.6 Å². The van der Waals surface area contributed by atoms with Crippen LogP contribution < -0.4 is 4.74 Å². The second kappa shape index (κ2) is 5.63. The Morgan fingerprint density at radius 1 is 1.53 bits per heavy atom. The summed E-state index contributed by atoms with van der Waals surface area (Å²) in [6.45, 7) is -1.64. The van der Waals surface area contributed by atoms with E-state index in [1.807, 2.05) is 0 Å². The lowest BCUT2D eigenvalue weighted by atomic mass is 10.1. The summed E-state index contributed by atoms with van der Waals surface area (Å²) in [5.74, 6) is -1.27. The van der Waals surface area contributed by atoms with E-state index in [-0.39, 0.29) is 16.9 Å². The summed E-state index contributed by atoms with van der Waals surface area (Å²) in [6, 6.07) is 3.99. The molecule has 0 bridgehead atoms. The van der Waals surface area contributed by atoms with E-state index in [4.69, 9.17) is 16.7 Å². The van der Waals surface area contributed by atoms with Crippen LogP contribution in [0.1, 0.15) is 12.5 Å². The Labute approximate surface area is 101 Å². The summed E-state index contributed by atoms with van der Waals surface area (Å²) in [7, 11) is 0. The zero-order valence-electron chi connectivity index (χ0n) is 8.78. The van der Waals surface area contributed by atoms with Crippen LogP contribution in [0.5, 0.6) is 5.75 Å². The third kappa shape index (κ3) is 4.03. The van der Waals surface area contributed by atoms with Gasteiger partial charge in [-0.3, -0.25) is 0 Å². The summed E-state index contributed by atoms with van der Waals surface area (Å²) in [4.78, 5) is 10.6. The highest BCUT2D eigenvalue weighted by Crippen LogP contribution is 2.26. The van der Waals surface area contributed by atoms with E-state index in [2.05, 4.69) is 4.74 Å². The summed E-state index contributed by atoms with van der Waals surface area (Å²) < 4.78 is 28.5. The van der Waals surface area contributed by atoms with Crippen molar-refractivity contribution < 1.29 is 23.4 Å². The minimum atomic E-state index is -2.98. The lowest BCUT2D eigenvalue weighted by Gasteiger charge is -2.08. The molecule has 0 aromatic heterocycles. The molecule has 92 valence electrons. The molecular weight excluding hydrogens is 254 g/mol. The summed E-state index contributed by atoms with van der Waals surface area (Å²) >= 11 is 5.70. The Morgan fingerprint density at radius 2 is 2.18 bits per heavy atom. The smallest absolute Gasteiger partial charge is 0.387 e. The van der Waals surface area contributed by atoms with Crippen LogP contribution in [0.4, 0.5) is 8.78 Å². The Hall–Kier alpha value is -1.62. The minimum Gasteiger partial charge on any atom is -0.478 e. The van der Waals surface area contributed by atoms with Gasteiger partial charge in [-0.05, 0) is 31.2 Å². The molecule has 0 spiro atoms. The first-order valence-electron chi connectivity index (χ1n) is 4.56. The highest BCUT2D eigenvalue weighted by molar-refractivity contribution is 6.30. The summed E-state index contributed by atoms with van der Waals surface area (Å²) in [6.07, 6.45) is 1.21. The number of ether oxygens (including phenoxy) is 1. The van der Waals surface area contributed by atoms with Crippen molar-refractivity contribution in [2.24, 2.45) is 0 Å². The van der Waals surface area contributed by atoms with E-state index >= 15 is 0 Å². The predicted octanol–water partition coefficient (Wildman–Crippen LogP) is 3.43. The number of halogens is 3. The molecule has 0 unspecified atom stereocenters. The van der Waals surface area contributed by atoms with Gasteiger partial charge >= 0.3 is 12.6 Å². The topological polar surface area (TPSA) is 46.5 Å². The van der Waals surface area contributed by atoms with Crippen LogP contribution in [0.3, 0.4) is 0 Å². The largest absolute Gasteiger partial charge is 0.478 e. The highest BCUT2D eigenvalue weighted by Gasteiger charge is 2.10. The molecule has 6 heteroatoms. The monoisotopic (exact) mass is 262 g/mol. The van der Waals surface area contributed by atoms with Gasteiger partial charge in [0.2, 0.25) is 0 Å². The molecule has 0 aliphatic carbocycles. The number of hydrogen-bond donors (Lipinski definition) is 1. The fraction of sp³-hybridized carbons (Fsp3) is 0.182. The van der Waals surface area contributed by atoms with Gasteiger partial charge in [0.15, 0.2) is 0 Å². The summed E-state index contributed by atoms with van der Waals surface area (Å²) in [5.41, 5.74) is 0.184. The van der Waals surface area contributed by atoms with Gasteiger partial charge in [0, 0.05) is 16.2 Å². The highest BCUT2D eigenvalue weighted by atomic mass is 35.5. The molecule has 17 heavy (non-hydrogen) atoms. The predicted molar refractivity (Wildman–Crippen MR) is 59.4 cm³/mol. The van der Waals surface area contributed by atoms with Crippen molar-refractivity contribution in [2.45, 2.75) is 13.5 Å². The molecule has 1 aromatic rings. The molecule has 1 N–H and O–H groups in total. The maximum absolute atomic E-state index is 12.1. The molecule has 1 rings (SSSR count). The second-order valence-corrected chi connectivity index (χ2v) is 3.63. The van der Waals surface area contributed by atoms with E-state index in [1.165, 1.54) is 31.2 Å². The maximum atomic E-state index is 12.1. The van der Waals surface area contributed by atoms with Crippen LogP contribution in [0.15, 0.2) is 23.8 Å². The Morgan fingerprint density at radius 3 is 2.71 bits per heavy atom. The number of carboxylic acids is 1. The van der Waals surface area contributed by atoms with Crippen molar-refractivity contribution in [1.82, 2.24) is 0 Å². The van der Waals surface area contributed by atoms with Crippen molar-refractivity contribution in [3.05, 3.63) is 34.4 Å². The van der Waals surface area contributed by atoms with E-state index in [0.29, 0.717) is 5.02 Å². The van der Waals surface area contributed by atoms with E-state index in [1.54, 1.807) is 0 Å². The molecule has 0 heterocycles. The quantitative estimate of drug-likeness (QED) is 0.846. The molecule has 0 saturated carbocycles. The molecule has 0 radical (unpaired) electrons. The minimum absolute atomic E-state index is 0.00798. The van der Waals surface area contributed by atoms with Crippen molar-refractivity contribution >= 4 is 23.6 Å². The average molecular weight is 263 g/mol. The Kier molecular flexibility index (Phi) is 4.45. The third-order valence-electron chi connectivity index (χ3n) is 1.90. The van der Waals surface area contributed by atoms with Crippen molar-refractivity contribution in [3.63, 3.8) is 0 Å². The SMILES string of the molecule is CC(=Cc1cc(Cl)ccc1OC(F)F)C(=O)O. The van der Waals surface area contributed by atoms with Gasteiger partial charge in [-0.1, -0.05) is 11.6 Å². The second-order valence-electron chi connectivity index (χ2n) is 3.19. The van der Waals surface area contributed by atoms with Gasteiger partial charge < -0.3 is 9.84 Å². The Balaban J connectivity index is 3.15. The third-order valence-corrected chi connectivity index (χ3v) is 2.13. The number of rotatable bonds is 4. The van der Waals surface area contributed by atoms with Crippen molar-refractivity contribution in [2.75, 3.05) is 0 Å². The molecular formula is C11H9ClF2O3. The van der Waals surface area contributed by atoms with Crippen molar-refractivity contribution in [1.29, 1.82) is 0 Å². The molecule has 0 saturated heterocycles. The lowest BCUT2D eigenvalue weighted by Crippen LogP contribution is -2.03. The van der Waals surface area contributed by atoms with Crippen LogP contribution >= 0.6 is 11.6 Å². The average Bonchev–Trinajstić information content (AvgIpc) is 2.21. The number of aliphatic carboxylic acids is 1. The number of benzene rings is 1. The van der Waals surface area contributed by atoms with Gasteiger partial charge in [-0.2, -0.15) is 8.78 Å². The van der Waals surface area contributed by atoms with Crippen LogP contribution in [-0.2, 0) is 4.79 Å². The molecule has 0 aliphatic rings. The van der Waals surface area contributed by atoms with Crippen molar-refractivity contribution in [3.8, 4) is 5.75 Å². The normalized spacial score (nSPS) is 11.7. The van der Waals surface area contributed by atoms with Crippen LogP contribution in [0.25, 0.3) is 6.08 Å². The van der Waals surface area contributed by atoms with E-state index in [0.717, 1.165) is 0 Å². The maximum Gasteiger partial charge on any atom is 0.387 e. The van der Waals surface area contributed by atoms with Gasteiger partial charge in [-0.15, -0.1) is 0 Å². The van der Waals surface area contributed by atoms with Gasteiger partial charge in [0.25, 0.3) is 0 Å². The molecule has 0 atom stereocenters. The zero-order valence-corrected chi connectivity index (χ0v) is 9.54. The molecule has 1 aromatic carbocycles. The lowest BCUT2D eigenvalue weighted by molar-refractivity contribution is -0.132. The fourth-order valence-corrected chi connectivity index (χ4v) is 1.31. The van der Waals surface area contributed by atoms with Crippen LogP contribution in [0, 0.1) is 0 Å². The molecule has 3 nitrogen and oxygen atoms in total. The first kappa shape index (κ1) is 13.4. The molecule has 0 aliphatic heterocycles. The van der Waals surface area contributed by atoms with E-state index < -0.39 is 12.6 Å². The standard InChI is InChI=1S/C11H9ClF2O3/c1-6(10(15)16)4-7-5-8(12)2-3-9(7)17-11(13)14/h2-5,11H,1H3,(H,15,16). The first-order chi connectivity index (χ1) is 7.90. The fourth-order valence-electron chi connectivity index (χ4n) is 1.13. The van der Waals surface area contributed by atoms with Crippen LogP contribution in [-0.4, -0.2) is 17.7 Å². The number of carboxylic acid groups (broad SMARTS) is 1. The first-order valence-corrected chi connectivity index (χ1v) is 4.94. The van der Waals surface area contributed by atoms with Crippen LogP contribution in [0.2, 0.25) is 5.02 Å². The molecule has 0 amide bonds. The Bertz CT molecular complexity index is 458. The zero-order chi connectivity index (χ0) is 13.0. The number of alkyl halides is 2. The molecule has 0 fully saturated rings. The number of carbonyl (C=O) groups is 1. The van der Waals surface area contributed by atoms with Gasteiger partial charge in [-0.25, -0.2) is 4.79 Å². The summed E-state index contributed by atoms with van der Waals surface area (Å²) in [5, 5.41) is 9.00.